The van der Waals surface area contributed by atoms with Crippen molar-refractivity contribution in [2.45, 2.75) is 36.7 Å². The Morgan fingerprint density at radius 2 is 1.97 bits per heavy atom. The highest BCUT2D eigenvalue weighted by Crippen LogP contribution is 2.37. The minimum absolute atomic E-state index is 0.0239. The van der Waals surface area contributed by atoms with E-state index in [-0.39, 0.29) is 41.0 Å². The van der Waals surface area contributed by atoms with E-state index in [2.05, 4.69) is 10.1 Å². The summed E-state index contributed by atoms with van der Waals surface area (Å²) in [6, 6.07) is 7.33. The third-order valence-corrected chi connectivity index (χ3v) is 7.61. The van der Waals surface area contributed by atoms with Crippen LogP contribution in [0.4, 0.5) is 10.1 Å². The third-order valence-electron chi connectivity index (χ3n) is 5.57. The van der Waals surface area contributed by atoms with Crippen molar-refractivity contribution in [2.24, 2.45) is 5.73 Å². The summed E-state index contributed by atoms with van der Waals surface area (Å²) in [6.45, 7) is 3.05. The van der Waals surface area contributed by atoms with Crippen molar-refractivity contribution in [2.75, 3.05) is 17.3 Å². The average molecular weight is 509 g/mol. The molecule has 1 amide bonds. The van der Waals surface area contributed by atoms with Crippen molar-refractivity contribution < 1.29 is 27.2 Å². The van der Waals surface area contributed by atoms with Crippen LogP contribution in [-0.4, -0.2) is 48.0 Å². The molecule has 0 saturated heterocycles. The van der Waals surface area contributed by atoms with Crippen LogP contribution < -0.4 is 10.6 Å². The lowest BCUT2D eigenvalue weighted by atomic mass is 9.94. The number of nitrogens with zero attached hydrogens (tertiary/aromatic N) is 3. The molecule has 3 aromatic rings. The Morgan fingerprint density at radius 1 is 1.29 bits per heavy atom. The highest BCUT2D eigenvalue weighted by molar-refractivity contribution is 7.91. The smallest absolute Gasteiger partial charge is 0.260 e. The lowest BCUT2D eigenvalue weighted by Crippen LogP contribution is -2.45. The van der Waals surface area contributed by atoms with Gasteiger partial charge in [0.2, 0.25) is 5.91 Å². The number of anilines is 1. The second kappa shape index (κ2) is 8.73. The molecular weight excluding hydrogens is 487 g/mol. The standard InChI is InChI=1S/C22H22ClFN4O5S/c1-22(2,11-29)21-26-19(33-27-21)14-7-17-18(8-15(14)24)34(31,32)10-16(25)20(30)28(17)9-12-3-5-13(23)6-4-12/h3-8,16,29H,9-11,25H2,1-2H3. The summed E-state index contributed by atoms with van der Waals surface area (Å²) in [5, 5.41) is 13.9. The van der Waals surface area contributed by atoms with E-state index in [4.69, 9.17) is 21.9 Å². The molecule has 1 aliphatic rings. The molecule has 34 heavy (non-hydrogen) atoms. The fraction of sp³-hybridized carbons (Fsp3) is 0.318. The van der Waals surface area contributed by atoms with Crippen LogP contribution in [0.2, 0.25) is 5.02 Å². The molecule has 9 nitrogen and oxygen atoms in total. The summed E-state index contributed by atoms with van der Waals surface area (Å²) < 4.78 is 46.2. The molecule has 2 aromatic carbocycles. The van der Waals surface area contributed by atoms with Gasteiger partial charge in [0, 0.05) is 5.02 Å². The van der Waals surface area contributed by atoms with Crippen molar-refractivity contribution in [3.05, 3.63) is 58.6 Å². The number of hydrogen-bond acceptors (Lipinski definition) is 8. The fourth-order valence-corrected chi connectivity index (χ4v) is 5.19. The first-order valence-electron chi connectivity index (χ1n) is 10.3. The Hall–Kier alpha value is -2.86. The van der Waals surface area contributed by atoms with Crippen molar-refractivity contribution >= 4 is 33.0 Å². The van der Waals surface area contributed by atoms with E-state index in [1.807, 2.05) is 0 Å². The molecular formula is C22H22ClFN4O5S. The van der Waals surface area contributed by atoms with Gasteiger partial charge in [0.25, 0.3) is 5.89 Å². The van der Waals surface area contributed by atoms with Gasteiger partial charge in [-0.3, -0.25) is 4.79 Å². The Morgan fingerprint density at radius 3 is 2.62 bits per heavy atom. The third kappa shape index (κ3) is 4.43. The van der Waals surface area contributed by atoms with Crippen LogP contribution >= 0.6 is 11.6 Å². The molecule has 0 aliphatic carbocycles. The zero-order chi connectivity index (χ0) is 24.8. The second-order valence-corrected chi connectivity index (χ2v) is 11.1. The van der Waals surface area contributed by atoms with Crippen LogP contribution in [-0.2, 0) is 26.6 Å². The van der Waals surface area contributed by atoms with Gasteiger partial charge in [0.15, 0.2) is 15.7 Å². The minimum Gasteiger partial charge on any atom is -0.395 e. The van der Waals surface area contributed by atoms with E-state index in [1.165, 1.54) is 11.0 Å². The summed E-state index contributed by atoms with van der Waals surface area (Å²) in [6.07, 6.45) is 0. The maximum absolute atomic E-state index is 15.1. The number of carbonyl (C=O) groups excluding carboxylic acids is 1. The highest BCUT2D eigenvalue weighted by Gasteiger charge is 2.38. The maximum Gasteiger partial charge on any atom is 0.260 e. The molecule has 1 aromatic heterocycles. The summed E-state index contributed by atoms with van der Waals surface area (Å²) in [4.78, 5) is 18.1. The Balaban J connectivity index is 1.88. The number of benzene rings is 2. The molecule has 1 atom stereocenters. The van der Waals surface area contributed by atoms with Crippen LogP contribution in [0.1, 0.15) is 25.2 Å². The van der Waals surface area contributed by atoms with Crippen molar-refractivity contribution in [1.82, 2.24) is 10.1 Å². The molecule has 0 fully saturated rings. The van der Waals surface area contributed by atoms with Crippen molar-refractivity contribution in [1.29, 1.82) is 0 Å². The zero-order valence-electron chi connectivity index (χ0n) is 18.3. The number of rotatable bonds is 5. The number of nitrogens with two attached hydrogens (primary N) is 1. The van der Waals surface area contributed by atoms with Gasteiger partial charge in [-0.15, -0.1) is 0 Å². The zero-order valence-corrected chi connectivity index (χ0v) is 19.9. The first kappa shape index (κ1) is 24.3. The quantitative estimate of drug-likeness (QED) is 0.535. The van der Waals surface area contributed by atoms with Gasteiger partial charge in [-0.2, -0.15) is 4.98 Å². The molecule has 12 heteroatoms. The number of aromatic nitrogens is 2. The van der Waals surface area contributed by atoms with E-state index < -0.39 is 38.8 Å². The van der Waals surface area contributed by atoms with Gasteiger partial charge in [-0.25, -0.2) is 12.8 Å². The molecule has 0 bridgehead atoms. The first-order chi connectivity index (χ1) is 15.9. The number of hydrogen-bond donors (Lipinski definition) is 2. The molecule has 0 radical (unpaired) electrons. The van der Waals surface area contributed by atoms with Crippen molar-refractivity contribution in [3.63, 3.8) is 0 Å². The van der Waals surface area contributed by atoms with E-state index in [0.717, 1.165) is 6.07 Å². The topological polar surface area (TPSA) is 140 Å². The van der Waals surface area contributed by atoms with Gasteiger partial charge in [0.05, 0.1) is 46.5 Å². The Labute approximate surface area is 200 Å². The van der Waals surface area contributed by atoms with Gasteiger partial charge < -0.3 is 20.3 Å². The first-order valence-corrected chi connectivity index (χ1v) is 12.3. The molecule has 0 saturated carbocycles. The second-order valence-electron chi connectivity index (χ2n) is 8.70. The molecule has 1 unspecified atom stereocenters. The molecule has 180 valence electrons. The fourth-order valence-electron chi connectivity index (χ4n) is 3.50. The lowest BCUT2D eigenvalue weighted by Gasteiger charge is -2.24. The Bertz CT molecular complexity index is 1360. The van der Waals surface area contributed by atoms with Crippen LogP contribution in [0.5, 0.6) is 0 Å². The number of amides is 1. The summed E-state index contributed by atoms with van der Waals surface area (Å²) in [5.74, 6) is -2.30. The van der Waals surface area contributed by atoms with Crippen LogP contribution in [0, 0.1) is 5.82 Å². The molecule has 2 heterocycles. The number of aliphatic hydroxyl groups is 1. The van der Waals surface area contributed by atoms with Crippen molar-refractivity contribution in [3.8, 4) is 11.5 Å². The largest absolute Gasteiger partial charge is 0.395 e. The molecule has 0 spiro atoms. The van der Waals surface area contributed by atoms with Crippen LogP contribution in [0.25, 0.3) is 11.5 Å². The summed E-state index contributed by atoms with van der Waals surface area (Å²) >= 11 is 5.94. The Kier molecular flexibility index (Phi) is 6.23. The summed E-state index contributed by atoms with van der Waals surface area (Å²) in [7, 11) is -4.08. The highest BCUT2D eigenvalue weighted by atomic mass is 35.5. The van der Waals surface area contributed by atoms with Gasteiger partial charge in [0.1, 0.15) is 5.82 Å². The van der Waals surface area contributed by atoms with Crippen LogP contribution in [0.3, 0.4) is 0 Å². The number of halogens is 2. The van der Waals surface area contributed by atoms with Gasteiger partial charge >= 0.3 is 0 Å². The van der Waals surface area contributed by atoms with Crippen LogP contribution in [0.15, 0.2) is 45.8 Å². The number of carbonyl (C=O) groups is 1. The van der Waals surface area contributed by atoms with E-state index in [0.29, 0.717) is 10.6 Å². The predicted molar refractivity (Wildman–Crippen MR) is 122 cm³/mol. The van der Waals surface area contributed by atoms with E-state index >= 15 is 4.39 Å². The normalized spacial score (nSPS) is 18.0. The predicted octanol–water partition coefficient (Wildman–Crippen LogP) is 2.45. The SMILES string of the molecule is CC(C)(CO)c1noc(-c2cc3c(cc2F)S(=O)(=O)CC(N)C(=O)N3Cc2ccc(Cl)cc2)n1. The van der Waals surface area contributed by atoms with Gasteiger partial charge in [-0.1, -0.05) is 42.7 Å². The van der Waals surface area contributed by atoms with E-state index in [1.54, 1.807) is 38.1 Å². The van der Waals surface area contributed by atoms with E-state index in [9.17, 15) is 18.3 Å². The minimum atomic E-state index is -4.08. The van der Waals surface area contributed by atoms with Gasteiger partial charge in [-0.05, 0) is 29.8 Å². The molecule has 4 rings (SSSR count). The molecule has 1 aliphatic heterocycles. The maximum atomic E-state index is 15.1. The molecule has 3 N–H and O–H groups in total. The number of aliphatic hydroxyl groups excluding tert-OH is 1. The average Bonchev–Trinajstić information content (AvgIpc) is 3.27. The monoisotopic (exact) mass is 508 g/mol. The number of sulfone groups is 1. The number of fused-ring (bicyclic) bond motifs is 1. The lowest BCUT2D eigenvalue weighted by molar-refractivity contribution is -0.119. The summed E-state index contributed by atoms with van der Waals surface area (Å²) in [5.41, 5.74) is 5.47.